The average molecular weight is 312 g/mol. The van der Waals surface area contributed by atoms with Gasteiger partial charge in [0.05, 0.1) is 18.4 Å². The molecule has 0 bridgehead atoms. The van der Waals surface area contributed by atoms with Gasteiger partial charge in [0.1, 0.15) is 5.75 Å². The molecule has 2 N–H and O–H groups in total. The molecule has 6 nitrogen and oxygen atoms in total. The summed E-state index contributed by atoms with van der Waals surface area (Å²) < 4.78 is 9.89. The number of rotatable bonds is 6. The van der Waals surface area contributed by atoms with Gasteiger partial charge in [-0.2, -0.15) is 0 Å². The van der Waals surface area contributed by atoms with Crippen molar-refractivity contribution >= 4 is 23.8 Å². The second-order valence-electron chi connectivity index (χ2n) is 4.59. The second kappa shape index (κ2) is 7.74. The molecule has 0 radical (unpaired) electrons. The highest BCUT2D eigenvalue weighted by Crippen LogP contribution is 2.19. The van der Waals surface area contributed by atoms with E-state index < -0.39 is 11.9 Å². The number of ether oxygens (including phenoxy) is 2. The summed E-state index contributed by atoms with van der Waals surface area (Å²) in [6.45, 7) is -0.167. The molecule has 0 atom stereocenters. The van der Waals surface area contributed by atoms with Crippen molar-refractivity contribution in [1.82, 2.24) is 0 Å². The summed E-state index contributed by atoms with van der Waals surface area (Å²) in [5.41, 5.74) is 6.74. The Morgan fingerprint density at radius 2 is 1.83 bits per heavy atom. The lowest BCUT2D eigenvalue weighted by atomic mass is 10.2. The van der Waals surface area contributed by atoms with Crippen LogP contribution in [-0.2, 0) is 9.53 Å². The molecule has 118 valence electrons. The minimum atomic E-state index is -0.532. The Hall–Kier alpha value is -3.15. The van der Waals surface area contributed by atoms with E-state index in [1.807, 2.05) is 0 Å². The second-order valence-corrected chi connectivity index (χ2v) is 4.59. The fraction of sp³-hybridized carbons (Fsp3) is 0.118. The molecule has 0 aliphatic heterocycles. The minimum absolute atomic E-state index is 0.167. The standard InChI is InChI=1S/C17H16N2O4/c1-22-17(21)14-4-2-3-5-15(14)19-10-12-6-8-13(9-7-12)23-11-16(18)20/h2-10H,11H2,1H3,(H2,18,20). The van der Waals surface area contributed by atoms with Crippen LogP contribution in [0.5, 0.6) is 5.75 Å². The monoisotopic (exact) mass is 312 g/mol. The molecule has 0 fully saturated rings. The van der Waals surface area contributed by atoms with Crippen LogP contribution in [0.25, 0.3) is 0 Å². The quantitative estimate of drug-likeness (QED) is 0.653. The lowest BCUT2D eigenvalue weighted by Gasteiger charge is -2.04. The summed E-state index contributed by atoms with van der Waals surface area (Å²) in [5, 5.41) is 0. The minimum Gasteiger partial charge on any atom is -0.484 e. The fourth-order valence-corrected chi connectivity index (χ4v) is 1.82. The molecule has 0 aliphatic rings. The van der Waals surface area contributed by atoms with E-state index in [2.05, 4.69) is 4.99 Å². The van der Waals surface area contributed by atoms with E-state index in [9.17, 15) is 9.59 Å². The van der Waals surface area contributed by atoms with Crippen molar-refractivity contribution in [3.8, 4) is 5.75 Å². The van der Waals surface area contributed by atoms with Gasteiger partial charge in [0.15, 0.2) is 6.61 Å². The molecule has 0 aromatic heterocycles. The van der Waals surface area contributed by atoms with Crippen molar-refractivity contribution < 1.29 is 19.1 Å². The fourth-order valence-electron chi connectivity index (χ4n) is 1.82. The molecule has 1 amide bonds. The first kappa shape index (κ1) is 16.2. The lowest BCUT2D eigenvalue weighted by molar-refractivity contribution is -0.119. The van der Waals surface area contributed by atoms with Crippen molar-refractivity contribution in [1.29, 1.82) is 0 Å². The van der Waals surface area contributed by atoms with Crippen LogP contribution in [0.3, 0.4) is 0 Å². The predicted molar refractivity (Wildman–Crippen MR) is 86.2 cm³/mol. The summed E-state index contributed by atoms with van der Waals surface area (Å²) in [7, 11) is 1.33. The Bertz CT molecular complexity index is 724. The smallest absolute Gasteiger partial charge is 0.340 e. The van der Waals surface area contributed by atoms with Gasteiger partial charge < -0.3 is 15.2 Å². The number of hydrogen-bond donors (Lipinski definition) is 1. The highest BCUT2D eigenvalue weighted by atomic mass is 16.5. The number of primary amides is 1. The number of nitrogens with zero attached hydrogens (tertiary/aromatic N) is 1. The third-order valence-electron chi connectivity index (χ3n) is 2.92. The molecular formula is C17H16N2O4. The number of carbonyl (C=O) groups excluding carboxylic acids is 2. The van der Waals surface area contributed by atoms with Crippen LogP contribution in [0.4, 0.5) is 5.69 Å². The van der Waals surface area contributed by atoms with Gasteiger partial charge in [-0.1, -0.05) is 12.1 Å². The van der Waals surface area contributed by atoms with Gasteiger partial charge in [-0.25, -0.2) is 4.79 Å². The number of benzene rings is 2. The Balaban J connectivity index is 2.12. The topological polar surface area (TPSA) is 91.0 Å². The van der Waals surface area contributed by atoms with Crippen molar-refractivity contribution in [3.05, 3.63) is 59.7 Å². The van der Waals surface area contributed by atoms with E-state index in [0.717, 1.165) is 5.56 Å². The maximum absolute atomic E-state index is 11.7. The van der Waals surface area contributed by atoms with Gasteiger partial charge >= 0.3 is 5.97 Å². The van der Waals surface area contributed by atoms with Gasteiger partial charge in [0, 0.05) is 6.21 Å². The maximum atomic E-state index is 11.7. The molecule has 0 aliphatic carbocycles. The molecular weight excluding hydrogens is 296 g/mol. The molecule has 6 heteroatoms. The third-order valence-corrected chi connectivity index (χ3v) is 2.92. The highest BCUT2D eigenvalue weighted by Gasteiger charge is 2.09. The van der Waals surface area contributed by atoms with Crippen LogP contribution in [-0.4, -0.2) is 31.8 Å². The van der Waals surface area contributed by atoms with Gasteiger partial charge in [-0.05, 0) is 42.0 Å². The first-order valence-electron chi connectivity index (χ1n) is 6.82. The molecule has 0 spiro atoms. The first-order chi connectivity index (χ1) is 11.1. The van der Waals surface area contributed by atoms with Crippen LogP contribution in [0.15, 0.2) is 53.5 Å². The molecule has 0 heterocycles. The zero-order chi connectivity index (χ0) is 16.7. The molecule has 2 rings (SSSR count). The van der Waals surface area contributed by atoms with Gasteiger partial charge in [-0.3, -0.25) is 9.79 Å². The summed E-state index contributed by atoms with van der Waals surface area (Å²) in [4.78, 5) is 26.6. The van der Waals surface area contributed by atoms with Crippen molar-refractivity contribution in [2.24, 2.45) is 10.7 Å². The van der Waals surface area contributed by atoms with Crippen LogP contribution >= 0.6 is 0 Å². The van der Waals surface area contributed by atoms with E-state index in [1.54, 1.807) is 54.7 Å². The van der Waals surface area contributed by atoms with E-state index in [0.29, 0.717) is 17.0 Å². The summed E-state index contributed by atoms with van der Waals surface area (Å²) in [6, 6.07) is 13.9. The van der Waals surface area contributed by atoms with Crippen LogP contribution in [0.2, 0.25) is 0 Å². The SMILES string of the molecule is COC(=O)c1ccccc1N=Cc1ccc(OCC(N)=O)cc1. The summed E-state index contributed by atoms with van der Waals surface area (Å²) in [5.74, 6) is -0.432. The molecule has 0 unspecified atom stereocenters. The molecule has 2 aromatic rings. The first-order valence-corrected chi connectivity index (χ1v) is 6.82. The Morgan fingerprint density at radius 3 is 2.48 bits per heavy atom. The normalized spacial score (nSPS) is 10.5. The number of carbonyl (C=O) groups is 2. The van der Waals surface area contributed by atoms with Gasteiger partial charge in [0.25, 0.3) is 5.91 Å². The predicted octanol–water partition coefficient (Wildman–Crippen LogP) is 2.09. The van der Waals surface area contributed by atoms with Crippen molar-refractivity contribution in [2.75, 3.05) is 13.7 Å². The maximum Gasteiger partial charge on any atom is 0.340 e. The Morgan fingerprint density at radius 1 is 1.13 bits per heavy atom. The zero-order valence-electron chi connectivity index (χ0n) is 12.6. The largest absolute Gasteiger partial charge is 0.484 e. The summed E-state index contributed by atoms with van der Waals surface area (Å²) >= 11 is 0. The van der Waals surface area contributed by atoms with E-state index in [1.165, 1.54) is 7.11 Å². The van der Waals surface area contributed by atoms with Crippen molar-refractivity contribution in [3.63, 3.8) is 0 Å². The molecule has 0 saturated heterocycles. The summed E-state index contributed by atoms with van der Waals surface area (Å²) in [6.07, 6.45) is 1.62. The number of aliphatic imine (C=N–C) groups is 1. The lowest BCUT2D eigenvalue weighted by Crippen LogP contribution is -2.19. The molecule has 2 aromatic carbocycles. The van der Waals surface area contributed by atoms with E-state index in [-0.39, 0.29) is 6.61 Å². The van der Waals surface area contributed by atoms with Crippen LogP contribution < -0.4 is 10.5 Å². The zero-order valence-corrected chi connectivity index (χ0v) is 12.6. The van der Waals surface area contributed by atoms with E-state index in [4.69, 9.17) is 15.2 Å². The number of esters is 1. The number of para-hydroxylation sites is 1. The van der Waals surface area contributed by atoms with Crippen molar-refractivity contribution in [2.45, 2.75) is 0 Å². The van der Waals surface area contributed by atoms with Gasteiger partial charge in [-0.15, -0.1) is 0 Å². The van der Waals surface area contributed by atoms with E-state index >= 15 is 0 Å². The highest BCUT2D eigenvalue weighted by molar-refractivity contribution is 5.96. The Kier molecular flexibility index (Phi) is 5.46. The van der Waals surface area contributed by atoms with Gasteiger partial charge in [0.2, 0.25) is 0 Å². The van der Waals surface area contributed by atoms with Crippen LogP contribution in [0, 0.1) is 0 Å². The average Bonchev–Trinajstić information content (AvgIpc) is 2.58. The number of amides is 1. The number of hydrogen-bond acceptors (Lipinski definition) is 5. The number of nitrogens with two attached hydrogens (primary N) is 1. The third kappa shape index (κ3) is 4.67. The van der Waals surface area contributed by atoms with Crippen LogP contribution in [0.1, 0.15) is 15.9 Å². The number of methoxy groups -OCH3 is 1. The molecule has 0 saturated carbocycles. The Labute approximate surface area is 133 Å². The molecule has 23 heavy (non-hydrogen) atoms.